The fourth-order valence-electron chi connectivity index (χ4n) is 1.92. The van der Waals surface area contributed by atoms with Crippen LogP contribution >= 0.6 is 23.2 Å². The Morgan fingerprint density at radius 2 is 1.95 bits per heavy atom. The molecule has 2 aromatic carbocycles. The number of carbonyl (C=O) groups excluding carboxylic acids is 1. The van der Waals surface area contributed by atoms with Gasteiger partial charge in [-0.05, 0) is 48.7 Å². The Morgan fingerprint density at radius 1 is 1.19 bits per heavy atom. The Morgan fingerprint density at radius 3 is 2.67 bits per heavy atom. The Kier molecular flexibility index (Phi) is 5.21. The summed E-state index contributed by atoms with van der Waals surface area (Å²) in [5, 5.41) is 3.65. The van der Waals surface area contributed by atoms with Gasteiger partial charge in [-0.2, -0.15) is 0 Å². The second-order valence-corrected chi connectivity index (χ2v) is 5.61. The molecule has 21 heavy (non-hydrogen) atoms. The van der Waals surface area contributed by atoms with E-state index in [1.165, 1.54) is 6.07 Å². The molecule has 0 fully saturated rings. The van der Waals surface area contributed by atoms with E-state index in [-0.39, 0.29) is 18.0 Å². The van der Waals surface area contributed by atoms with Crippen LogP contribution in [-0.2, 0) is 11.2 Å². The van der Waals surface area contributed by atoms with Gasteiger partial charge in [0.25, 0.3) is 0 Å². The largest absolute Gasteiger partial charge is 0.324 e. The molecule has 0 bridgehead atoms. The van der Waals surface area contributed by atoms with Gasteiger partial charge in [0, 0.05) is 16.5 Å². The standard InChI is InChI=1S/C16H14Cl2FNO/c1-10-2-6-14(19)15(8-10)20-16(21)7-4-11-3-5-12(17)9-13(11)18/h2-3,5-6,8-9H,4,7H2,1H3,(H,20,21). The maximum atomic E-state index is 13.6. The molecule has 0 aliphatic heterocycles. The average Bonchev–Trinajstić information content (AvgIpc) is 2.42. The van der Waals surface area contributed by atoms with Gasteiger partial charge in [0.1, 0.15) is 5.82 Å². The van der Waals surface area contributed by atoms with Gasteiger partial charge >= 0.3 is 0 Å². The topological polar surface area (TPSA) is 29.1 Å². The third-order valence-corrected chi connectivity index (χ3v) is 3.62. The van der Waals surface area contributed by atoms with Crippen molar-refractivity contribution in [1.82, 2.24) is 0 Å². The molecule has 0 aliphatic rings. The van der Waals surface area contributed by atoms with E-state index in [1.807, 2.05) is 6.92 Å². The number of amides is 1. The number of benzene rings is 2. The molecular formula is C16H14Cl2FNO. The SMILES string of the molecule is Cc1ccc(F)c(NC(=O)CCc2ccc(Cl)cc2Cl)c1. The third kappa shape index (κ3) is 4.45. The minimum atomic E-state index is -0.446. The van der Waals surface area contributed by atoms with Crippen LogP contribution in [0.3, 0.4) is 0 Å². The first kappa shape index (κ1) is 15.8. The van der Waals surface area contributed by atoms with Gasteiger partial charge in [0.15, 0.2) is 0 Å². The maximum Gasteiger partial charge on any atom is 0.224 e. The van der Waals surface area contributed by atoms with Gasteiger partial charge in [-0.3, -0.25) is 4.79 Å². The lowest BCUT2D eigenvalue weighted by molar-refractivity contribution is -0.116. The number of halogens is 3. The summed E-state index contributed by atoms with van der Waals surface area (Å²) in [5.41, 5.74) is 1.91. The van der Waals surface area contributed by atoms with Crippen LogP contribution in [0.5, 0.6) is 0 Å². The Hall–Kier alpha value is -1.58. The molecule has 0 heterocycles. The number of carbonyl (C=O) groups is 1. The van der Waals surface area contributed by atoms with E-state index in [9.17, 15) is 9.18 Å². The van der Waals surface area contributed by atoms with Crippen molar-refractivity contribution in [3.8, 4) is 0 Å². The van der Waals surface area contributed by atoms with Crippen molar-refractivity contribution in [1.29, 1.82) is 0 Å². The second-order valence-electron chi connectivity index (χ2n) is 4.77. The Bertz CT molecular complexity index is 673. The summed E-state index contributed by atoms with van der Waals surface area (Å²) in [6.45, 7) is 1.84. The summed E-state index contributed by atoms with van der Waals surface area (Å²) in [6.07, 6.45) is 0.685. The lowest BCUT2D eigenvalue weighted by atomic mass is 10.1. The van der Waals surface area contributed by atoms with Crippen molar-refractivity contribution >= 4 is 34.8 Å². The van der Waals surface area contributed by atoms with Crippen molar-refractivity contribution in [2.75, 3.05) is 5.32 Å². The summed E-state index contributed by atoms with van der Waals surface area (Å²) in [5.74, 6) is -0.705. The van der Waals surface area contributed by atoms with Gasteiger partial charge in [-0.1, -0.05) is 35.3 Å². The molecule has 0 radical (unpaired) electrons. The van der Waals surface area contributed by atoms with E-state index in [0.717, 1.165) is 11.1 Å². The van der Waals surface area contributed by atoms with Crippen LogP contribution in [0.15, 0.2) is 36.4 Å². The fourth-order valence-corrected chi connectivity index (χ4v) is 2.42. The van der Waals surface area contributed by atoms with E-state index in [4.69, 9.17) is 23.2 Å². The van der Waals surface area contributed by atoms with Crippen LogP contribution in [-0.4, -0.2) is 5.91 Å². The summed E-state index contributed by atoms with van der Waals surface area (Å²) >= 11 is 11.9. The van der Waals surface area contributed by atoms with Crippen LogP contribution in [0.1, 0.15) is 17.5 Å². The van der Waals surface area contributed by atoms with Gasteiger partial charge < -0.3 is 5.32 Å². The van der Waals surface area contributed by atoms with Crippen molar-refractivity contribution < 1.29 is 9.18 Å². The van der Waals surface area contributed by atoms with E-state index in [1.54, 1.807) is 30.3 Å². The number of hydrogen-bond acceptors (Lipinski definition) is 1. The van der Waals surface area contributed by atoms with E-state index >= 15 is 0 Å². The predicted molar refractivity (Wildman–Crippen MR) is 84.5 cm³/mol. The molecule has 110 valence electrons. The molecule has 1 N–H and O–H groups in total. The van der Waals surface area contributed by atoms with Crippen LogP contribution < -0.4 is 5.32 Å². The molecule has 1 amide bonds. The highest BCUT2D eigenvalue weighted by molar-refractivity contribution is 6.35. The van der Waals surface area contributed by atoms with E-state index < -0.39 is 5.82 Å². The van der Waals surface area contributed by atoms with Gasteiger partial charge in [0.05, 0.1) is 5.69 Å². The van der Waals surface area contributed by atoms with Crippen LogP contribution in [0.4, 0.5) is 10.1 Å². The molecule has 2 rings (SSSR count). The highest BCUT2D eigenvalue weighted by Gasteiger charge is 2.09. The van der Waals surface area contributed by atoms with Crippen molar-refractivity contribution in [2.24, 2.45) is 0 Å². The molecule has 0 aromatic heterocycles. The lowest BCUT2D eigenvalue weighted by Crippen LogP contribution is -2.13. The average molecular weight is 326 g/mol. The summed E-state index contributed by atoms with van der Waals surface area (Å²) in [6, 6.07) is 9.73. The van der Waals surface area contributed by atoms with E-state index in [2.05, 4.69) is 5.32 Å². The summed E-state index contributed by atoms with van der Waals surface area (Å²) in [4.78, 5) is 11.9. The first-order valence-electron chi connectivity index (χ1n) is 6.45. The monoisotopic (exact) mass is 325 g/mol. The first-order chi connectivity index (χ1) is 9.95. The van der Waals surface area contributed by atoms with Gasteiger partial charge in [-0.15, -0.1) is 0 Å². The molecule has 0 atom stereocenters. The maximum absolute atomic E-state index is 13.6. The molecule has 2 aromatic rings. The highest BCUT2D eigenvalue weighted by atomic mass is 35.5. The first-order valence-corrected chi connectivity index (χ1v) is 7.21. The Labute approximate surface area is 132 Å². The molecular weight excluding hydrogens is 312 g/mol. The molecule has 0 aliphatic carbocycles. The Balaban J connectivity index is 1.97. The number of aryl methyl sites for hydroxylation is 2. The van der Waals surface area contributed by atoms with Crippen molar-refractivity contribution in [3.63, 3.8) is 0 Å². The number of anilines is 1. The minimum Gasteiger partial charge on any atom is -0.324 e. The van der Waals surface area contributed by atoms with Gasteiger partial charge in [0.2, 0.25) is 5.91 Å². The minimum absolute atomic E-state index is 0.196. The number of hydrogen-bond donors (Lipinski definition) is 1. The predicted octanol–water partition coefficient (Wildman–Crippen LogP) is 5.01. The molecule has 0 unspecified atom stereocenters. The smallest absolute Gasteiger partial charge is 0.224 e. The highest BCUT2D eigenvalue weighted by Crippen LogP contribution is 2.22. The lowest BCUT2D eigenvalue weighted by Gasteiger charge is -2.08. The molecule has 0 saturated carbocycles. The normalized spacial score (nSPS) is 10.5. The zero-order chi connectivity index (χ0) is 15.4. The number of nitrogens with one attached hydrogen (secondary N) is 1. The quantitative estimate of drug-likeness (QED) is 0.840. The van der Waals surface area contributed by atoms with Crippen molar-refractivity contribution in [2.45, 2.75) is 19.8 Å². The van der Waals surface area contributed by atoms with Crippen LogP contribution in [0, 0.1) is 12.7 Å². The second kappa shape index (κ2) is 6.92. The zero-order valence-corrected chi connectivity index (χ0v) is 12.9. The fraction of sp³-hybridized carbons (Fsp3) is 0.188. The number of rotatable bonds is 4. The third-order valence-electron chi connectivity index (χ3n) is 3.03. The van der Waals surface area contributed by atoms with Gasteiger partial charge in [-0.25, -0.2) is 4.39 Å². The van der Waals surface area contributed by atoms with Crippen LogP contribution in [0.2, 0.25) is 10.0 Å². The van der Waals surface area contributed by atoms with Crippen molar-refractivity contribution in [3.05, 3.63) is 63.4 Å². The summed E-state index contributed by atoms with van der Waals surface area (Å²) < 4.78 is 13.6. The molecule has 0 spiro atoms. The van der Waals surface area contributed by atoms with E-state index in [0.29, 0.717) is 16.5 Å². The molecule has 0 saturated heterocycles. The molecule has 2 nitrogen and oxygen atoms in total. The summed E-state index contributed by atoms with van der Waals surface area (Å²) in [7, 11) is 0. The molecule has 5 heteroatoms. The zero-order valence-electron chi connectivity index (χ0n) is 11.4. The van der Waals surface area contributed by atoms with Crippen LogP contribution in [0.25, 0.3) is 0 Å².